The largest absolute Gasteiger partial charge is 0.489 e. The predicted molar refractivity (Wildman–Crippen MR) is 96.1 cm³/mol. The molecule has 0 bridgehead atoms. The second-order valence-electron chi connectivity index (χ2n) is 5.65. The molecular formula is C20H25NO2. The van der Waals surface area contributed by atoms with E-state index in [4.69, 9.17) is 4.74 Å². The van der Waals surface area contributed by atoms with Gasteiger partial charge >= 0.3 is 0 Å². The van der Waals surface area contributed by atoms with E-state index >= 15 is 0 Å². The fourth-order valence-corrected chi connectivity index (χ4v) is 2.95. The smallest absolute Gasteiger partial charge is 0.122 e. The van der Waals surface area contributed by atoms with Crippen molar-refractivity contribution in [2.24, 2.45) is 0 Å². The van der Waals surface area contributed by atoms with Crippen molar-refractivity contribution in [1.29, 1.82) is 0 Å². The van der Waals surface area contributed by atoms with Gasteiger partial charge in [0.05, 0.1) is 0 Å². The summed E-state index contributed by atoms with van der Waals surface area (Å²) in [6.07, 6.45) is 11.6. The molecule has 0 N–H and O–H groups in total. The Kier molecular flexibility index (Phi) is 6.67. The Morgan fingerprint density at radius 1 is 1.39 bits per heavy atom. The summed E-state index contributed by atoms with van der Waals surface area (Å²) in [5, 5.41) is 0. The van der Waals surface area contributed by atoms with Crippen LogP contribution in [0.1, 0.15) is 26.2 Å². The summed E-state index contributed by atoms with van der Waals surface area (Å²) in [5.41, 5.74) is 2.24. The van der Waals surface area contributed by atoms with Crippen LogP contribution in [0.3, 0.4) is 0 Å². The van der Waals surface area contributed by atoms with E-state index in [0.29, 0.717) is 19.1 Å². The maximum atomic E-state index is 10.8. The van der Waals surface area contributed by atoms with Gasteiger partial charge < -0.3 is 14.4 Å². The Bertz CT molecular complexity index is 572. The fourth-order valence-electron chi connectivity index (χ4n) is 2.95. The van der Waals surface area contributed by atoms with Crippen LogP contribution in [0.2, 0.25) is 0 Å². The molecule has 3 heteroatoms. The standard InChI is InChI=1S/C20H25NO2/c1-3-6-17(7-4-2)16-23-20-11-9-19(10-12-20)21-14-5-8-18(21)13-15-22/h3-4,6-7,9-12,15,18H,1,5,8,13-14,16H2,2H3/b7-4-,17-6+/t18-/m0/s1. The van der Waals surface area contributed by atoms with Crippen LogP contribution in [0, 0.1) is 0 Å². The average molecular weight is 311 g/mol. The summed E-state index contributed by atoms with van der Waals surface area (Å²) in [5.74, 6) is 0.847. The van der Waals surface area contributed by atoms with E-state index < -0.39 is 0 Å². The third kappa shape index (κ3) is 4.85. The Hall–Kier alpha value is -2.29. The first-order valence-electron chi connectivity index (χ1n) is 8.16. The number of anilines is 1. The number of hydrogen-bond donors (Lipinski definition) is 0. The van der Waals surface area contributed by atoms with Crippen molar-refractivity contribution < 1.29 is 9.53 Å². The number of allylic oxidation sites excluding steroid dienone is 3. The van der Waals surface area contributed by atoms with Gasteiger partial charge in [-0.2, -0.15) is 0 Å². The van der Waals surface area contributed by atoms with E-state index in [0.717, 1.165) is 42.7 Å². The van der Waals surface area contributed by atoms with Crippen LogP contribution in [0.5, 0.6) is 5.75 Å². The van der Waals surface area contributed by atoms with E-state index in [1.807, 2.05) is 37.3 Å². The van der Waals surface area contributed by atoms with Gasteiger partial charge in [0.25, 0.3) is 0 Å². The van der Waals surface area contributed by atoms with Gasteiger partial charge in [0.2, 0.25) is 0 Å². The highest BCUT2D eigenvalue weighted by molar-refractivity contribution is 5.56. The van der Waals surface area contributed by atoms with Crippen LogP contribution in [-0.2, 0) is 4.79 Å². The molecule has 1 aliphatic rings. The summed E-state index contributed by atoms with van der Waals surface area (Å²) in [7, 11) is 0. The molecule has 2 rings (SSSR count). The number of hydrogen-bond acceptors (Lipinski definition) is 3. The van der Waals surface area contributed by atoms with E-state index in [-0.39, 0.29) is 0 Å². The van der Waals surface area contributed by atoms with Gasteiger partial charge in [-0.15, -0.1) is 0 Å². The van der Waals surface area contributed by atoms with Crippen molar-refractivity contribution >= 4 is 12.0 Å². The van der Waals surface area contributed by atoms with Crippen LogP contribution in [0.4, 0.5) is 5.69 Å². The molecule has 1 aliphatic heterocycles. The molecule has 1 heterocycles. The second kappa shape index (κ2) is 8.99. The third-order valence-corrected chi connectivity index (χ3v) is 4.03. The lowest BCUT2D eigenvalue weighted by atomic mass is 10.1. The summed E-state index contributed by atoms with van der Waals surface area (Å²) in [6, 6.07) is 8.48. The molecule has 1 fully saturated rings. The maximum absolute atomic E-state index is 10.8. The van der Waals surface area contributed by atoms with E-state index in [1.54, 1.807) is 6.08 Å². The highest BCUT2D eigenvalue weighted by Gasteiger charge is 2.24. The molecule has 0 amide bonds. The zero-order valence-electron chi connectivity index (χ0n) is 13.8. The third-order valence-electron chi connectivity index (χ3n) is 4.03. The van der Waals surface area contributed by atoms with Crippen molar-refractivity contribution in [2.75, 3.05) is 18.1 Å². The fraction of sp³-hybridized carbons (Fsp3) is 0.350. The molecule has 0 saturated carbocycles. The highest BCUT2D eigenvalue weighted by Crippen LogP contribution is 2.28. The van der Waals surface area contributed by atoms with Crippen LogP contribution in [0.25, 0.3) is 0 Å². The monoisotopic (exact) mass is 311 g/mol. The van der Waals surface area contributed by atoms with Gasteiger partial charge in [0, 0.05) is 24.7 Å². The van der Waals surface area contributed by atoms with Gasteiger partial charge in [0.15, 0.2) is 0 Å². The van der Waals surface area contributed by atoms with Crippen LogP contribution in [-0.4, -0.2) is 25.5 Å². The Labute approximate surface area is 139 Å². The number of ether oxygens (including phenoxy) is 1. The maximum Gasteiger partial charge on any atom is 0.122 e. The zero-order chi connectivity index (χ0) is 16.5. The molecule has 0 radical (unpaired) electrons. The topological polar surface area (TPSA) is 29.5 Å². The van der Waals surface area contributed by atoms with Crippen molar-refractivity contribution in [3.8, 4) is 5.75 Å². The number of benzene rings is 1. The van der Waals surface area contributed by atoms with Crippen molar-refractivity contribution in [3.05, 3.63) is 60.7 Å². The summed E-state index contributed by atoms with van der Waals surface area (Å²) in [4.78, 5) is 13.1. The summed E-state index contributed by atoms with van der Waals surface area (Å²) < 4.78 is 5.82. The van der Waals surface area contributed by atoms with Crippen LogP contribution in [0.15, 0.2) is 60.7 Å². The highest BCUT2D eigenvalue weighted by atomic mass is 16.5. The number of nitrogens with zero attached hydrogens (tertiary/aromatic N) is 1. The predicted octanol–water partition coefficient (Wildman–Crippen LogP) is 4.31. The van der Waals surface area contributed by atoms with E-state index in [2.05, 4.69) is 23.6 Å². The van der Waals surface area contributed by atoms with Gasteiger partial charge in [0.1, 0.15) is 18.6 Å². The lowest BCUT2D eigenvalue weighted by Gasteiger charge is -2.25. The zero-order valence-corrected chi connectivity index (χ0v) is 13.8. The molecule has 0 spiro atoms. The number of rotatable bonds is 8. The second-order valence-corrected chi connectivity index (χ2v) is 5.65. The number of aldehydes is 1. The quantitative estimate of drug-likeness (QED) is 0.529. The van der Waals surface area contributed by atoms with Gasteiger partial charge in [-0.25, -0.2) is 0 Å². The summed E-state index contributed by atoms with van der Waals surface area (Å²) >= 11 is 0. The van der Waals surface area contributed by atoms with E-state index in [1.165, 1.54) is 0 Å². The minimum Gasteiger partial charge on any atom is -0.489 e. The van der Waals surface area contributed by atoms with Gasteiger partial charge in [-0.05, 0) is 49.6 Å². The normalized spacial score (nSPS) is 18.4. The molecule has 1 aromatic carbocycles. The van der Waals surface area contributed by atoms with Crippen molar-refractivity contribution in [2.45, 2.75) is 32.2 Å². The summed E-state index contributed by atoms with van der Waals surface area (Å²) in [6.45, 7) is 7.24. The Morgan fingerprint density at radius 2 is 2.17 bits per heavy atom. The molecule has 23 heavy (non-hydrogen) atoms. The molecule has 0 unspecified atom stereocenters. The number of carbonyl (C=O) groups excluding carboxylic acids is 1. The molecule has 1 aromatic rings. The first kappa shape index (κ1) is 17.1. The Morgan fingerprint density at radius 3 is 2.83 bits per heavy atom. The molecule has 0 aliphatic carbocycles. The van der Waals surface area contributed by atoms with Crippen molar-refractivity contribution in [1.82, 2.24) is 0 Å². The molecule has 1 atom stereocenters. The molecule has 0 aromatic heterocycles. The lowest BCUT2D eigenvalue weighted by molar-refractivity contribution is -0.108. The molecular weight excluding hydrogens is 286 g/mol. The van der Waals surface area contributed by atoms with E-state index in [9.17, 15) is 4.79 Å². The van der Waals surface area contributed by atoms with Crippen LogP contribution >= 0.6 is 0 Å². The average Bonchev–Trinajstić information content (AvgIpc) is 3.02. The SMILES string of the molecule is C=C/C=C(\C=C/C)COc1ccc(N2CCC[C@H]2CC=O)cc1. The lowest BCUT2D eigenvalue weighted by Crippen LogP contribution is -2.29. The molecule has 1 saturated heterocycles. The Balaban J connectivity index is 1.98. The molecule has 3 nitrogen and oxygen atoms in total. The van der Waals surface area contributed by atoms with Gasteiger partial charge in [-0.3, -0.25) is 0 Å². The van der Waals surface area contributed by atoms with Gasteiger partial charge in [-0.1, -0.05) is 30.9 Å². The molecule has 122 valence electrons. The number of carbonyl (C=O) groups is 1. The first-order chi connectivity index (χ1) is 11.3. The minimum atomic E-state index is 0.344. The van der Waals surface area contributed by atoms with Crippen molar-refractivity contribution in [3.63, 3.8) is 0 Å². The first-order valence-corrected chi connectivity index (χ1v) is 8.16. The van der Waals surface area contributed by atoms with Crippen LogP contribution < -0.4 is 9.64 Å². The minimum absolute atomic E-state index is 0.344.